The van der Waals surface area contributed by atoms with E-state index in [0.29, 0.717) is 18.2 Å². The van der Waals surface area contributed by atoms with Gasteiger partial charge in [0.1, 0.15) is 5.69 Å². The molecule has 2 aromatic heterocycles. The van der Waals surface area contributed by atoms with Crippen molar-refractivity contribution in [3.63, 3.8) is 0 Å². The number of nitrogens with one attached hydrogen (secondary N) is 1. The van der Waals surface area contributed by atoms with Crippen molar-refractivity contribution in [2.24, 2.45) is 5.92 Å². The number of amides is 1. The molecule has 4 rings (SSSR count). The first-order valence-electron chi connectivity index (χ1n) is 10.1. The second-order valence-corrected chi connectivity index (χ2v) is 7.56. The fourth-order valence-electron chi connectivity index (χ4n) is 3.57. The molecule has 1 aliphatic rings. The summed E-state index contributed by atoms with van der Waals surface area (Å²) in [6.45, 7) is 4.28. The van der Waals surface area contributed by atoms with Gasteiger partial charge in [-0.1, -0.05) is 12.1 Å². The van der Waals surface area contributed by atoms with Crippen LogP contribution in [0.2, 0.25) is 0 Å². The number of rotatable bonds is 6. The Bertz CT molecular complexity index is 946. The second kappa shape index (κ2) is 9.01. The van der Waals surface area contributed by atoms with Gasteiger partial charge in [-0.25, -0.2) is 4.68 Å². The van der Waals surface area contributed by atoms with Crippen LogP contribution in [-0.2, 0) is 11.2 Å². The number of ether oxygens (including phenoxy) is 1. The Balaban J connectivity index is 1.41. The van der Waals surface area contributed by atoms with E-state index in [1.807, 2.05) is 29.9 Å². The lowest BCUT2D eigenvalue weighted by atomic mass is 10.00. The zero-order valence-electron chi connectivity index (χ0n) is 16.7. The molecule has 0 spiro atoms. The molecule has 0 bridgehead atoms. The molecule has 6 nitrogen and oxygen atoms in total. The molecule has 1 saturated heterocycles. The molecule has 0 atom stereocenters. The van der Waals surface area contributed by atoms with E-state index in [1.165, 1.54) is 5.56 Å². The summed E-state index contributed by atoms with van der Waals surface area (Å²) in [6.07, 6.45) is 8.24. The average molecular weight is 390 g/mol. The van der Waals surface area contributed by atoms with E-state index >= 15 is 0 Å². The van der Waals surface area contributed by atoms with E-state index in [2.05, 4.69) is 39.7 Å². The van der Waals surface area contributed by atoms with Gasteiger partial charge in [0.25, 0.3) is 5.91 Å². The summed E-state index contributed by atoms with van der Waals surface area (Å²) in [7, 11) is 0. The molecule has 3 aromatic rings. The maximum atomic E-state index is 12.6. The number of pyridine rings is 1. The SMILES string of the molecule is Cc1cnc(C(=O)NCC2CCOCC2)cc1Cc1ccc(-n2cccn2)cc1. The van der Waals surface area contributed by atoms with Crippen molar-refractivity contribution >= 4 is 5.91 Å². The van der Waals surface area contributed by atoms with Crippen molar-refractivity contribution in [2.45, 2.75) is 26.2 Å². The van der Waals surface area contributed by atoms with Crippen LogP contribution < -0.4 is 5.32 Å². The fourth-order valence-corrected chi connectivity index (χ4v) is 3.57. The highest BCUT2D eigenvalue weighted by Crippen LogP contribution is 2.17. The summed E-state index contributed by atoms with van der Waals surface area (Å²) in [4.78, 5) is 16.9. The first-order valence-corrected chi connectivity index (χ1v) is 10.1. The Labute approximate surface area is 170 Å². The number of hydrogen-bond donors (Lipinski definition) is 1. The van der Waals surface area contributed by atoms with Gasteiger partial charge in [-0.2, -0.15) is 5.10 Å². The number of carbonyl (C=O) groups excluding carboxylic acids is 1. The third-order valence-electron chi connectivity index (χ3n) is 5.44. The largest absolute Gasteiger partial charge is 0.381 e. The zero-order chi connectivity index (χ0) is 20.1. The molecule has 6 heteroatoms. The minimum atomic E-state index is -0.105. The van der Waals surface area contributed by atoms with Crippen molar-refractivity contribution in [1.82, 2.24) is 20.1 Å². The number of benzene rings is 1. The zero-order valence-corrected chi connectivity index (χ0v) is 16.7. The average Bonchev–Trinajstić information content (AvgIpc) is 3.30. The normalized spacial score (nSPS) is 14.7. The van der Waals surface area contributed by atoms with E-state index in [-0.39, 0.29) is 5.91 Å². The highest BCUT2D eigenvalue weighted by molar-refractivity contribution is 5.92. The number of hydrogen-bond acceptors (Lipinski definition) is 4. The predicted octanol–water partition coefficient (Wildman–Crippen LogP) is 3.32. The molecule has 1 fully saturated rings. The summed E-state index contributed by atoms with van der Waals surface area (Å²) in [5.41, 5.74) is 4.89. The molecular weight excluding hydrogens is 364 g/mol. The molecule has 1 aliphatic heterocycles. The second-order valence-electron chi connectivity index (χ2n) is 7.56. The highest BCUT2D eigenvalue weighted by Gasteiger charge is 2.16. The monoisotopic (exact) mass is 390 g/mol. The third kappa shape index (κ3) is 4.90. The van der Waals surface area contributed by atoms with Crippen LogP contribution >= 0.6 is 0 Å². The smallest absolute Gasteiger partial charge is 0.269 e. The predicted molar refractivity (Wildman–Crippen MR) is 111 cm³/mol. The van der Waals surface area contributed by atoms with Crippen molar-refractivity contribution in [2.75, 3.05) is 19.8 Å². The Morgan fingerprint density at radius 2 is 2.03 bits per heavy atom. The maximum Gasteiger partial charge on any atom is 0.269 e. The quantitative estimate of drug-likeness (QED) is 0.701. The first kappa shape index (κ1) is 19.3. The van der Waals surface area contributed by atoms with Gasteiger partial charge in [0, 0.05) is 38.3 Å². The van der Waals surface area contributed by atoms with Gasteiger partial charge in [-0.05, 0) is 73.1 Å². The molecule has 0 aliphatic carbocycles. The lowest BCUT2D eigenvalue weighted by Gasteiger charge is -2.22. The molecule has 1 N–H and O–H groups in total. The van der Waals surface area contributed by atoms with Crippen LogP contribution in [0, 0.1) is 12.8 Å². The van der Waals surface area contributed by atoms with Gasteiger partial charge < -0.3 is 10.1 Å². The molecular formula is C23H26N4O2. The van der Waals surface area contributed by atoms with Gasteiger partial charge in [-0.3, -0.25) is 9.78 Å². The number of aryl methyl sites for hydroxylation is 1. The lowest BCUT2D eigenvalue weighted by molar-refractivity contribution is 0.0642. The molecule has 0 radical (unpaired) electrons. The lowest BCUT2D eigenvalue weighted by Crippen LogP contribution is -2.32. The van der Waals surface area contributed by atoms with Crippen LogP contribution in [0.4, 0.5) is 0 Å². The molecule has 1 amide bonds. The van der Waals surface area contributed by atoms with Gasteiger partial charge in [0.15, 0.2) is 0 Å². The number of carbonyl (C=O) groups is 1. The van der Waals surface area contributed by atoms with Crippen molar-refractivity contribution in [1.29, 1.82) is 0 Å². The van der Waals surface area contributed by atoms with E-state index in [0.717, 1.165) is 49.3 Å². The minimum Gasteiger partial charge on any atom is -0.381 e. The molecule has 0 saturated carbocycles. The van der Waals surface area contributed by atoms with E-state index in [1.54, 1.807) is 12.4 Å². The van der Waals surface area contributed by atoms with E-state index in [9.17, 15) is 4.79 Å². The van der Waals surface area contributed by atoms with Crippen molar-refractivity contribution in [3.05, 3.63) is 77.4 Å². The Hall–Kier alpha value is -2.99. The summed E-state index contributed by atoms with van der Waals surface area (Å²) >= 11 is 0. The first-order chi connectivity index (χ1) is 14.2. The van der Waals surface area contributed by atoms with Gasteiger partial charge >= 0.3 is 0 Å². The maximum absolute atomic E-state index is 12.6. The molecule has 1 aromatic carbocycles. The van der Waals surface area contributed by atoms with Crippen molar-refractivity contribution in [3.8, 4) is 5.69 Å². The fraction of sp³-hybridized carbons (Fsp3) is 0.348. The third-order valence-corrected chi connectivity index (χ3v) is 5.44. The molecule has 150 valence electrons. The number of nitrogens with zero attached hydrogens (tertiary/aromatic N) is 3. The summed E-state index contributed by atoms with van der Waals surface area (Å²) in [5, 5.41) is 7.29. The van der Waals surface area contributed by atoms with Crippen LogP contribution in [0.25, 0.3) is 5.69 Å². The summed E-state index contributed by atoms with van der Waals surface area (Å²) < 4.78 is 7.21. The van der Waals surface area contributed by atoms with Crippen LogP contribution in [0.3, 0.4) is 0 Å². The molecule has 3 heterocycles. The van der Waals surface area contributed by atoms with Gasteiger partial charge in [-0.15, -0.1) is 0 Å². The van der Waals surface area contributed by atoms with E-state index in [4.69, 9.17) is 4.74 Å². The van der Waals surface area contributed by atoms with Gasteiger partial charge in [0.2, 0.25) is 0 Å². The Kier molecular flexibility index (Phi) is 6.00. The summed E-state index contributed by atoms with van der Waals surface area (Å²) in [5.74, 6) is 0.387. The van der Waals surface area contributed by atoms with E-state index < -0.39 is 0 Å². The Morgan fingerprint density at radius 1 is 1.24 bits per heavy atom. The Morgan fingerprint density at radius 3 is 2.76 bits per heavy atom. The minimum absolute atomic E-state index is 0.105. The molecule has 29 heavy (non-hydrogen) atoms. The van der Waals surface area contributed by atoms with Crippen molar-refractivity contribution < 1.29 is 9.53 Å². The van der Waals surface area contributed by atoms with Crippen LogP contribution in [0.5, 0.6) is 0 Å². The van der Waals surface area contributed by atoms with Gasteiger partial charge in [0.05, 0.1) is 5.69 Å². The van der Waals surface area contributed by atoms with Crippen LogP contribution in [0.15, 0.2) is 55.0 Å². The number of aromatic nitrogens is 3. The van der Waals surface area contributed by atoms with Crippen LogP contribution in [-0.4, -0.2) is 40.4 Å². The standard InChI is InChI=1S/C23H26N4O2/c1-17-15-24-22(23(28)25-16-19-7-11-29-12-8-19)14-20(17)13-18-3-5-21(6-4-18)27-10-2-9-26-27/h2-6,9-10,14-15,19H,7-8,11-13,16H2,1H3,(H,25,28). The van der Waals surface area contributed by atoms with Crippen LogP contribution in [0.1, 0.15) is 40.0 Å². The summed E-state index contributed by atoms with van der Waals surface area (Å²) in [6, 6.07) is 12.1. The molecule has 0 unspecified atom stereocenters. The highest BCUT2D eigenvalue weighted by atomic mass is 16.5. The topological polar surface area (TPSA) is 69.0 Å².